The van der Waals surface area contributed by atoms with E-state index in [2.05, 4.69) is 36.8 Å². The summed E-state index contributed by atoms with van der Waals surface area (Å²) in [5.74, 6) is 0.505. The maximum atomic E-state index is 12.7. The highest BCUT2D eigenvalue weighted by Crippen LogP contribution is 2.34. The van der Waals surface area contributed by atoms with Crippen LogP contribution in [0.2, 0.25) is 0 Å². The van der Waals surface area contributed by atoms with Crippen molar-refractivity contribution in [2.24, 2.45) is 0 Å². The van der Waals surface area contributed by atoms with Crippen molar-refractivity contribution in [2.45, 2.75) is 6.18 Å². The Morgan fingerprint density at radius 1 is 1.22 bits per heavy atom. The molecule has 0 atom stereocenters. The van der Waals surface area contributed by atoms with Gasteiger partial charge in [-0.2, -0.15) is 18.2 Å². The van der Waals surface area contributed by atoms with Gasteiger partial charge in [0.15, 0.2) is 0 Å². The monoisotopic (exact) mass is 452 g/mol. The molecule has 0 amide bonds. The molecule has 0 saturated carbocycles. The Labute approximate surface area is 145 Å². The lowest BCUT2D eigenvalue weighted by Gasteiger charge is -2.08. The second-order valence-corrected chi connectivity index (χ2v) is 6.14. The zero-order valence-electron chi connectivity index (χ0n) is 11.5. The lowest BCUT2D eigenvalue weighted by molar-refractivity contribution is -0.141. The van der Waals surface area contributed by atoms with Crippen LogP contribution in [-0.2, 0) is 6.18 Å². The fourth-order valence-electron chi connectivity index (χ4n) is 1.81. The van der Waals surface area contributed by atoms with Gasteiger partial charge < -0.3 is 9.72 Å². The van der Waals surface area contributed by atoms with Crippen molar-refractivity contribution in [3.63, 3.8) is 0 Å². The zero-order valence-corrected chi connectivity index (χ0v) is 14.7. The Bertz CT molecular complexity index is 817. The Hall–Kier alpha value is -1.61. The van der Waals surface area contributed by atoms with Gasteiger partial charge in [0.05, 0.1) is 17.3 Å². The molecular weight excluding hydrogens is 445 g/mol. The number of ether oxygens (including phenoxy) is 1. The molecule has 0 fully saturated rings. The molecule has 0 aliphatic heterocycles. The molecule has 9 heteroatoms. The molecular formula is C14H9Br2F3N2O2. The number of rotatable bonds is 3. The molecule has 0 aliphatic rings. The summed E-state index contributed by atoms with van der Waals surface area (Å²) in [5, 5.41) is 0. The second-order valence-electron chi connectivity index (χ2n) is 4.37. The fraction of sp³-hybridized carbons (Fsp3) is 0.143. The number of nitrogens with zero attached hydrogens (tertiary/aromatic N) is 1. The molecule has 122 valence electrons. The Balaban J connectivity index is 2.46. The summed E-state index contributed by atoms with van der Waals surface area (Å²) in [6.07, 6.45) is -1.83. The van der Waals surface area contributed by atoms with Crippen LogP contribution in [0.1, 0.15) is 17.0 Å². The Morgan fingerprint density at radius 3 is 2.52 bits per heavy atom. The van der Waals surface area contributed by atoms with Crippen LogP contribution in [0.3, 0.4) is 0 Å². The first-order valence-electron chi connectivity index (χ1n) is 6.10. The zero-order chi connectivity index (χ0) is 17.2. The van der Waals surface area contributed by atoms with Crippen molar-refractivity contribution in [3.05, 3.63) is 54.6 Å². The lowest BCUT2D eigenvalue weighted by atomic mass is 10.1. The third-order valence-corrected chi connectivity index (χ3v) is 3.79. The minimum Gasteiger partial charge on any atom is -0.495 e. The minimum absolute atomic E-state index is 0.112. The maximum Gasteiger partial charge on any atom is 0.431 e. The fourth-order valence-corrected chi connectivity index (χ4v) is 3.23. The molecule has 2 rings (SSSR count). The van der Waals surface area contributed by atoms with E-state index in [1.54, 1.807) is 17.1 Å². The first-order valence-corrected chi connectivity index (χ1v) is 7.69. The molecule has 1 heterocycles. The van der Waals surface area contributed by atoms with E-state index in [0.717, 1.165) is 10.5 Å². The molecule has 0 radical (unpaired) electrons. The Kier molecular flexibility index (Phi) is 5.30. The van der Waals surface area contributed by atoms with Gasteiger partial charge in [-0.3, -0.25) is 0 Å². The molecule has 4 nitrogen and oxygen atoms in total. The molecule has 0 bridgehead atoms. The summed E-state index contributed by atoms with van der Waals surface area (Å²) in [5.41, 5.74) is -1.73. The van der Waals surface area contributed by atoms with Gasteiger partial charge in [-0.05, 0) is 46.3 Å². The van der Waals surface area contributed by atoms with Crippen molar-refractivity contribution in [3.8, 4) is 5.75 Å². The van der Waals surface area contributed by atoms with Gasteiger partial charge in [0.25, 0.3) is 0 Å². The lowest BCUT2D eigenvalue weighted by Crippen LogP contribution is -2.19. The molecule has 0 spiro atoms. The molecule has 1 N–H and O–H groups in total. The van der Waals surface area contributed by atoms with Crippen LogP contribution >= 0.6 is 31.9 Å². The van der Waals surface area contributed by atoms with E-state index in [9.17, 15) is 18.0 Å². The summed E-state index contributed by atoms with van der Waals surface area (Å²) in [4.78, 5) is 16.4. The van der Waals surface area contributed by atoms with E-state index in [1.807, 2.05) is 0 Å². The molecule has 0 aliphatic carbocycles. The summed E-state index contributed by atoms with van der Waals surface area (Å²) in [7, 11) is 1.47. The summed E-state index contributed by atoms with van der Waals surface area (Å²) in [6, 6.07) is 4.25. The van der Waals surface area contributed by atoms with Gasteiger partial charge in [0, 0.05) is 10.0 Å². The number of alkyl halides is 3. The van der Waals surface area contributed by atoms with E-state index in [1.165, 1.54) is 19.3 Å². The SMILES string of the molecule is COc1c(Br)cc(Br)cc1C=Cc1cc(C(F)(F)F)[nH]c(=O)n1. The Morgan fingerprint density at radius 2 is 1.91 bits per heavy atom. The topological polar surface area (TPSA) is 55.0 Å². The highest BCUT2D eigenvalue weighted by Gasteiger charge is 2.32. The average molecular weight is 454 g/mol. The standard InChI is InChI=1S/C14H9Br2F3N2O2/c1-23-12-7(4-8(15)5-10(12)16)2-3-9-6-11(14(17,18)19)21-13(22)20-9/h2-6H,1H3,(H,20,21,22). The van der Waals surface area contributed by atoms with Crippen LogP contribution in [0.4, 0.5) is 13.2 Å². The smallest absolute Gasteiger partial charge is 0.431 e. The molecule has 1 aromatic carbocycles. The summed E-state index contributed by atoms with van der Waals surface area (Å²) < 4.78 is 44.7. The van der Waals surface area contributed by atoms with Crippen molar-refractivity contribution in [2.75, 3.05) is 7.11 Å². The van der Waals surface area contributed by atoms with Gasteiger partial charge >= 0.3 is 11.9 Å². The van der Waals surface area contributed by atoms with Gasteiger partial charge in [-0.15, -0.1) is 0 Å². The number of hydrogen-bond acceptors (Lipinski definition) is 3. The second kappa shape index (κ2) is 6.88. The molecule has 23 heavy (non-hydrogen) atoms. The number of benzene rings is 1. The number of aromatic nitrogens is 2. The third-order valence-electron chi connectivity index (χ3n) is 2.74. The van der Waals surface area contributed by atoms with Crippen LogP contribution in [0.5, 0.6) is 5.75 Å². The van der Waals surface area contributed by atoms with Crippen LogP contribution in [-0.4, -0.2) is 17.1 Å². The van der Waals surface area contributed by atoms with Crippen LogP contribution in [0.15, 0.2) is 31.9 Å². The van der Waals surface area contributed by atoms with Crippen molar-refractivity contribution in [1.29, 1.82) is 0 Å². The van der Waals surface area contributed by atoms with Crippen molar-refractivity contribution < 1.29 is 17.9 Å². The first kappa shape index (κ1) is 17.7. The molecule has 0 unspecified atom stereocenters. The van der Waals surface area contributed by atoms with Gasteiger partial charge in [-0.1, -0.05) is 15.9 Å². The predicted octanol–water partition coefficient (Wildman–Crippen LogP) is 4.49. The van der Waals surface area contributed by atoms with Gasteiger partial charge in [0.2, 0.25) is 0 Å². The van der Waals surface area contributed by atoms with E-state index >= 15 is 0 Å². The number of aromatic amines is 1. The number of methoxy groups -OCH3 is 1. The summed E-state index contributed by atoms with van der Waals surface area (Å²) >= 11 is 6.64. The number of nitrogens with one attached hydrogen (secondary N) is 1. The highest BCUT2D eigenvalue weighted by atomic mass is 79.9. The molecule has 1 aromatic heterocycles. The number of H-pyrrole nitrogens is 1. The van der Waals surface area contributed by atoms with Gasteiger partial charge in [0.1, 0.15) is 11.4 Å². The quantitative estimate of drug-likeness (QED) is 0.744. The maximum absolute atomic E-state index is 12.7. The third kappa shape index (κ3) is 4.44. The van der Waals surface area contributed by atoms with Crippen molar-refractivity contribution >= 4 is 44.0 Å². The van der Waals surface area contributed by atoms with Crippen LogP contribution < -0.4 is 10.4 Å². The van der Waals surface area contributed by atoms with E-state index in [4.69, 9.17) is 4.74 Å². The number of halogens is 5. The summed E-state index contributed by atoms with van der Waals surface area (Å²) in [6.45, 7) is 0. The van der Waals surface area contributed by atoms with Crippen LogP contribution in [0.25, 0.3) is 12.2 Å². The minimum atomic E-state index is -4.65. The van der Waals surface area contributed by atoms with Crippen LogP contribution in [0, 0.1) is 0 Å². The first-order chi connectivity index (χ1) is 10.7. The largest absolute Gasteiger partial charge is 0.495 e. The van der Waals surface area contributed by atoms with Crippen molar-refractivity contribution in [1.82, 2.24) is 9.97 Å². The highest BCUT2D eigenvalue weighted by molar-refractivity contribution is 9.11. The predicted molar refractivity (Wildman–Crippen MR) is 87.2 cm³/mol. The average Bonchev–Trinajstić information content (AvgIpc) is 2.43. The van der Waals surface area contributed by atoms with E-state index in [-0.39, 0.29) is 5.69 Å². The van der Waals surface area contributed by atoms with E-state index in [0.29, 0.717) is 15.8 Å². The normalized spacial score (nSPS) is 11.9. The van der Waals surface area contributed by atoms with E-state index < -0.39 is 17.6 Å². The van der Waals surface area contributed by atoms with Gasteiger partial charge in [-0.25, -0.2) is 4.79 Å². The number of hydrogen-bond donors (Lipinski definition) is 1. The molecule has 0 saturated heterocycles. The molecule has 2 aromatic rings.